The van der Waals surface area contributed by atoms with Crippen molar-refractivity contribution in [1.29, 1.82) is 0 Å². The van der Waals surface area contributed by atoms with Gasteiger partial charge in [-0.15, -0.1) is 0 Å². The second kappa shape index (κ2) is 8.09. The molecule has 0 saturated heterocycles. The maximum Gasteiger partial charge on any atom is 0.342 e. The monoisotopic (exact) mass is 376 g/mol. The van der Waals surface area contributed by atoms with E-state index in [1.807, 2.05) is 6.92 Å². The number of methoxy groups -OCH3 is 3. The number of esters is 1. The first-order valence-electron chi connectivity index (χ1n) is 8.27. The van der Waals surface area contributed by atoms with E-state index < -0.39 is 12.3 Å². The first kappa shape index (κ1) is 18.7. The summed E-state index contributed by atoms with van der Waals surface area (Å²) in [5, 5.41) is 0. The molecule has 1 aromatic carbocycles. The highest BCUT2D eigenvalue weighted by Crippen LogP contribution is 2.39. The maximum absolute atomic E-state index is 12.4. The molecule has 1 aliphatic heterocycles. The number of hydrogen-bond acceptors (Lipinski definition) is 9. The van der Waals surface area contributed by atoms with Crippen LogP contribution in [0.5, 0.6) is 29.3 Å². The lowest BCUT2D eigenvalue weighted by molar-refractivity contribution is -0.0602. The molecule has 1 unspecified atom stereocenters. The van der Waals surface area contributed by atoms with Crippen LogP contribution >= 0.6 is 0 Å². The van der Waals surface area contributed by atoms with Gasteiger partial charge < -0.3 is 28.4 Å². The van der Waals surface area contributed by atoms with Crippen LogP contribution in [-0.4, -0.2) is 50.2 Å². The van der Waals surface area contributed by atoms with E-state index in [4.69, 9.17) is 28.4 Å². The summed E-state index contributed by atoms with van der Waals surface area (Å²) < 4.78 is 32.1. The molecular formula is C18H20N2O7. The fraction of sp³-hybridized carbons (Fsp3) is 0.389. The lowest BCUT2D eigenvalue weighted by Gasteiger charge is -2.12. The van der Waals surface area contributed by atoms with E-state index in [0.717, 1.165) is 0 Å². The van der Waals surface area contributed by atoms with E-state index in [9.17, 15) is 4.79 Å². The van der Waals surface area contributed by atoms with Crippen molar-refractivity contribution in [3.05, 3.63) is 29.3 Å². The molecule has 3 rings (SSSR count). The average molecular weight is 376 g/mol. The van der Waals surface area contributed by atoms with Crippen LogP contribution in [0.4, 0.5) is 0 Å². The van der Waals surface area contributed by atoms with Gasteiger partial charge in [-0.3, -0.25) is 0 Å². The number of hydrogen-bond donors (Lipinski definition) is 0. The van der Waals surface area contributed by atoms with Crippen molar-refractivity contribution in [1.82, 2.24) is 9.97 Å². The molecule has 2 heterocycles. The van der Waals surface area contributed by atoms with E-state index in [0.29, 0.717) is 24.3 Å². The zero-order valence-electron chi connectivity index (χ0n) is 15.5. The van der Waals surface area contributed by atoms with Crippen LogP contribution < -0.4 is 18.9 Å². The van der Waals surface area contributed by atoms with Crippen LogP contribution in [0.1, 0.15) is 22.8 Å². The van der Waals surface area contributed by atoms with Crippen LogP contribution in [0.25, 0.3) is 0 Å². The number of nitrogens with zero attached hydrogens (tertiary/aromatic N) is 2. The third-order valence-corrected chi connectivity index (χ3v) is 3.88. The topological polar surface area (TPSA) is 98.2 Å². The summed E-state index contributed by atoms with van der Waals surface area (Å²) in [7, 11) is 4.23. The Morgan fingerprint density at radius 1 is 1.19 bits per heavy atom. The molecule has 0 radical (unpaired) electrons. The molecule has 0 spiro atoms. The minimum atomic E-state index is -0.558. The maximum atomic E-state index is 12.4. The van der Waals surface area contributed by atoms with E-state index in [2.05, 4.69) is 9.97 Å². The lowest BCUT2D eigenvalue weighted by atomic mass is 10.0. The van der Waals surface area contributed by atoms with Gasteiger partial charge in [0.05, 0.1) is 27.4 Å². The molecule has 2 aromatic rings. The molecule has 9 heteroatoms. The largest absolute Gasteiger partial charge is 0.481 e. The van der Waals surface area contributed by atoms with E-state index in [1.54, 1.807) is 12.1 Å². The molecule has 1 atom stereocenters. The van der Waals surface area contributed by atoms with Crippen molar-refractivity contribution in [3.63, 3.8) is 0 Å². The van der Waals surface area contributed by atoms with Crippen molar-refractivity contribution in [2.24, 2.45) is 0 Å². The van der Waals surface area contributed by atoms with Gasteiger partial charge in [0.1, 0.15) is 17.1 Å². The van der Waals surface area contributed by atoms with Gasteiger partial charge in [-0.1, -0.05) is 0 Å². The Morgan fingerprint density at radius 2 is 1.89 bits per heavy atom. The van der Waals surface area contributed by atoms with Crippen molar-refractivity contribution < 1.29 is 33.2 Å². The highest BCUT2D eigenvalue weighted by atomic mass is 16.7. The van der Waals surface area contributed by atoms with Gasteiger partial charge >= 0.3 is 12.0 Å². The normalized spacial score (nSPS) is 14.9. The lowest BCUT2D eigenvalue weighted by Crippen LogP contribution is -2.17. The second-order valence-electron chi connectivity index (χ2n) is 5.45. The zero-order valence-corrected chi connectivity index (χ0v) is 15.5. The van der Waals surface area contributed by atoms with E-state index >= 15 is 0 Å². The summed E-state index contributed by atoms with van der Waals surface area (Å²) in [6.07, 6.45) is -0.0653. The number of carbonyl (C=O) groups excluding carboxylic acids is 1. The predicted molar refractivity (Wildman–Crippen MR) is 92.7 cm³/mol. The predicted octanol–water partition coefficient (Wildman–Crippen LogP) is 2.37. The average Bonchev–Trinajstić information content (AvgIpc) is 3.09. The summed E-state index contributed by atoms with van der Waals surface area (Å²) in [6, 6.07) is 4.77. The summed E-state index contributed by atoms with van der Waals surface area (Å²) in [5.41, 5.74) is 0.884. The Hall–Kier alpha value is -3.07. The number of aromatic nitrogens is 2. The van der Waals surface area contributed by atoms with Crippen LogP contribution in [0.2, 0.25) is 0 Å². The molecule has 144 valence electrons. The highest BCUT2D eigenvalue weighted by molar-refractivity contribution is 5.95. The summed E-state index contributed by atoms with van der Waals surface area (Å²) >= 11 is 0. The third-order valence-electron chi connectivity index (χ3n) is 3.88. The Labute approximate surface area is 156 Å². The Bertz CT molecular complexity index is 818. The first-order chi connectivity index (χ1) is 13.1. The smallest absolute Gasteiger partial charge is 0.342 e. The third kappa shape index (κ3) is 3.87. The number of ether oxygens (including phenoxy) is 6. The summed E-state index contributed by atoms with van der Waals surface area (Å²) in [6.45, 7) is 2.36. The highest BCUT2D eigenvalue weighted by Gasteiger charge is 2.31. The molecule has 0 amide bonds. The van der Waals surface area contributed by atoms with Gasteiger partial charge in [0.2, 0.25) is 18.1 Å². The standard InChI is InChI=1S/C18H20N2O7/c1-5-25-15-8-10-11(26-15)6-7-12(16(10)17(21)24-4)27-18-19-13(22-2)9-14(20-18)23-3/h6-7,9,15H,5,8H2,1-4H3. The van der Waals surface area contributed by atoms with Gasteiger partial charge in [0.15, 0.2) is 0 Å². The molecule has 0 bridgehead atoms. The zero-order chi connectivity index (χ0) is 19.4. The van der Waals surface area contributed by atoms with Crippen LogP contribution in [0.3, 0.4) is 0 Å². The van der Waals surface area contributed by atoms with E-state index in [-0.39, 0.29) is 29.1 Å². The van der Waals surface area contributed by atoms with Gasteiger partial charge in [-0.2, -0.15) is 9.97 Å². The van der Waals surface area contributed by atoms with E-state index in [1.165, 1.54) is 27.4 Å². The van der Waals surface area contributed by atoms with Gasteiger partial charge in [0.25, 0.3) is 0 Å². The molecule has 1 aliphatic rings. The molecular weight excluding hydrogens is 356 g/mol. The van der Waals surface area contributed by atoms with Crippen molar-refractivity contribution in [3.8, 4) is 29.3 Å². The van der Waals surface area contributed by atoms with Crippen LogP contribution in [-0.2, 0) is 15.9 Å². The Kier molecular flexibility index (Phi) is 5.60. The second-order valence-corrected chi connectivity index (χ2v) is 5.45. The van der Waals surface area contributed by atoms with Crippen molar-refractivity contribution >= 4 is 5.97 Å². The van der Waals surface area contributed by atoms with Crippen molar-refractivity contribution in [2.45, 2.75) is 19.6 Å². The molecule has 0 aliphatic carbocycles. The van der Waals surface area contributed by atoms with Crippen LogP contribution in [0, 0.1) is 0 Å². The molecule has 0 saturated carbocycles. The number of carbonyl (C=O) groups is 1. The minimum Gasteiger partial charge on any atom is -0.481 e. The Balaban J connectivity index is 1.99. The van der Waals surface area contributed by atoms with Crippen molar-refractivity contribution in [2.75, 3.05) is 27.9 Å². The molecule has 1 aromatic heterocycles. The number of fused-ring (bicyclic) bond motifs is 1. The van der Waals surface area contributed by atoms with Crippen LogP contribution in [0.15, 0.2) is 18.2 Å². The molecule has 0 fully saturated rings. The minimum absolute atomic E-state index is 0.0309. The summed E-state index contributed by atoms with van der Waals surface area (Å²) in [5.74, 6) is 0.745. The van der Waals surface area contributed by atoms with Gasteiger partial charge in [-0.25, -0.2) is 4.79 Å². The fourth-order valence-electron chi connectivity index (χ4n) is 2.70. The SMILES string of the molecule is CCOC1Cc2c(ccc(Oc3nc(OC)cc(OC)n3)c2C(=O)OC)O1. The van der Waals surface area contributed by atoms with Gasteiger partial charge in [-0.05, 0) is 19.1 Å². The fourth-order valence-corrected chi connectivity index (χ4v) is 2.70. The Morgan fingerprint density at radius 3 is 2.48 bits per heavy atom. The molecule has 9 nitrogen and oxygen atoms in total. The first-order valence-corrected chi connectivity index (χ1v) is 8.27. The quantitative estimate of drug-likeness (QED) is 0.674. The summed E-state index contributed by atoms with van der Waals surface area (Å²) in [4.78, 5) is 20.6. The van der Waals surface area contributed by atoms with Gasteiger partial charge in [0, 0.05) is 18.6 Å². The molecule has 27 heavy (non-hydrogen) atoms. The number of benzene rings is 1. The number of rotatable bonds is 7. The molecule has 0 N–H and O–H groups in total.